The molecule has 1 aliphatic carbocycles. The molecule has 230 valence electrons. The summed E-state index contributed by atoms with van der Waals surface area (Å²) in [7, 11) is -2.17. The van der Waals surface area contributed by atoms with Gasteiger partial charge in [0.25, 0.3) is 0 Å². The highest BCUT2D eigenvalue weighted by Crippen LogP contribution is 2.30. The molecule has 1 aliphatic rings. The highest BCUT2D eigenvalue weighted by atomic mass is 35.5. The first-order valence-corrected chi connectivity index (χ1v) is 16.9. The van der Waals surface area contributed by atoms with E-state index in [1.54, 1.807) is 41.3 Å². The molecule has 0 saturated heterocycles. The van der Waals surface area contributed by atoms with Gasteiger partial charge in [0.1, 0.15) is 11.8 Å². The molecule has 4 rings (SSSR count). The summed E-state index contributed by atoms with van der Waals surface area (Å²) in [6.07, 6.45) is 5.81. The second-order valence-corrected chi connectivity index (χ2v) is 13.3. The predicted octanol–water partition coefficient (Wildman–Crippen LogP) is 5.59. The lowest BCUT2D eigenvalue weighted by atomic mass is 10.0. The maximum Gasteiger partial charge on any atom is 0.243 e. The van der Waals surface area contributed by atoms with Crippen LogP contribution < -0.4 is 14.4 Å². The van der Waals surface area contributed by atoms with Crippen LogP contribution in [0.1, 0.15) is 49.7 Å². The summed E-state index contributed by atoms with van der Waals surface area (Å²) in [6.45, 7) is 0.297. The van der Waals surface area contributed by atoms with Crippen LogP contribution in [0.15, 0.2) is 78.9 Å². The zero-order chi connectivity index (χ0) is 30.8. The first-order chi connectivity index (χ1) is 20.7. The minimum Gasteiger partial charge on any atom is -0.495 e. The van der Waals surface area contributed by atoms with Crippen LogP contribution in [0.2, 0.25) is 5.02 Å². The number of nitrogens with one attached hydrogen (secondary N) is 1. The molecule has 10 heteroatoms. The standard InChI is InChI=1S/C33H40ClN3O5S/c1-42-31-16-9-8-15-29(31)37(43(2,40)41)22-10-17-32(38)36(24-26-18-20-27(34)21-19-26)30(23-25-11-4-3-5-12-25)33(39)35-28-13-6-7-14-28/h3-5,8-9,11-12,15-16,18-21,28,30H,6-7,10,13-14,17,22-24H2,1-2H3,(H,35,39)/t30-/m1/s1. The average molecular weight is 626 g/mol. The van der Waals surface area contributed by atoms with Crippen molar-refractivity contribution in [3.05, 3.63) is 95.0 Å². The Kier molecular flexibility index (Phi) is 11.5. The SMILES string of the molecule is COc1ccccc1N(CCCC(=O)N(Cc1ccc(Cl)cc1)[C@H](Cc1ccccc1)C(=O)NC1CCCC1)S(C)(=O)=O. The van der Waals surface area contributed by atoms with Crippen LogP contribution >= 0.6 is 11.6 Å². The summed E-state index contributed by atoms with van der Waals surface area (Å²) >= 11 is 6.13. The van der Waals surface area contributed by atoms with Crippen molar-refractivity contribution in [3.8, 4) is 5.75 Å². The van der Waals surface area contributed by atoms with E-state index in [9.17, 15) is 18.0 Å². The molecule has 0 spiro atoms. The van der Waals surface area contributed by atoms with Gasteiger partial charge in [-0.2, -0.15) is 0 Å². The molecular weight excluding hydrogens is 586 g/mol. The number of sulfonamides is 1. The molecule has 0 aromatic heterocycles. The number of methoxy groups -OCH3 is 1. The van der Waals surface area contributed by atoms with Gasteiger partial charge >= 0.3 is 0 Å². The average Bonchev–Trinajstić information content (AvgIpc) is 3.51. The highest BCUT2D eigenvalue weighted by molar-refractivity contribution is 7.92. The minimum absolute atomic E-state index is 0.0523. The molecule has 0 unspecified atom stereocenters. The Morgan fingerprint density at radius 3 is 2.26 bits per heavy atom. The van der Waals surface area contributed by atoms with Crippen LogP contribution in [0.25, 0.3) is 0 Å². The Hall–Kier alpha value is -3.56. The van der Waals surface area contributed by atoms with E-state index in [-0.39, 0.29) is 43.8 Å². The Balaban J connectivity index is 1.59. The predicted molar refractivity (Wildman–Crippen MR) is 171 cm³/mol. The number of amides is 2. The van der Waals surface area contributed by atoms with Gasteiger partial charge in [-0.3, -0.25) is 13.9 Å². The Morgan fingerprint density at radius 1 is 0.953 bits per heavy atom. The van der Waals surface area contributed by atoms with Crippen LogP contribution in [-0.4, -0.2) is 57.1 Å². The number of carbonyl (C=O) groups is 2. The topological polar surface area (TPSA) is 96.0 Å². The highest BCUT2D eigenvalue weighted by Gasteiger charge is 2.32. The van der Waals surface area contributed by atoms with E-state index in [1.807, 2.05) is 42.5 Å². The van der Waals surface area contributed by atoms with E-state index in [2.05, 4.69) is 5.32 Å². The van der Waals surface area contributed by atoms with Gasteiger partial charge in [0.2, 0.25) is 21.8 Å². The van der Waals surface area contributed by atoms with Gasteiger partial charge < -0.3 is 15.0 Å². The third-order valence-electron chi connectivity index (χ3n) is 7.74. The molecule has 3 aromatic rings. The Morgan fingerprint density at radius 2 is 1.60 bits per heavy atom. The third-order valence-corrected chi connectivity index (χ3v) is 9.18. The molecule has 0 aliphatic heterocycles. The van der Waals surface area contributed by atoms with E-state index in [0.717, 1.165) is 43.1 Å². The van der Waals surface area contributed by atoms with Gasteiger partial charge in [-0.1, -0.05) is 79.0 Å². The zero-order valence-electron chi connectivity index (χ0n) is 24.7. The van der Waals surface area contributed by atoms with Crippen LogP contribution in [0.3, 0.4) is 0 Å². The fourth-order valence-electron chi connectivity index (χ4n) is 5.53. The Labute approximate surface area is 260 Å². The summed E-state index contributed by atoms with van der Waals surface area (Å²) in [6, 6.07) is 23.2. The molecule has 43 heavy (non-hydrogen) atoms. The normalized spacial score (nSPS) is 14.2. The lowest BCUT2D eigenvalue weighted by Crippen LogP contribution is -2.52. The second-order valence-electron chi connectivity index (χ2n) is 11.0. The monoisotopic (exact) mass is 625 g/mol. The number of benzene rings is 3. The molecular formula is C33H40ClN3O5S. The molecule has 3 aromatic carbocycles. The first-order valence-electron chi connectivity index (χ1n) is 14.6. The number of anilines is 1. The third kappa shape index (κ3) is 9.21. The van der Waals surface area contributed by atoms with Gasteiger partial charge in [0.15, 0.2) is 0 Å². The van der Waals surface area contributed by atoms with E-state index >= 15 is 0 Å². The van der Waals surface area contributed by atoms with Gasteiger partial charge in [-0.25, -0.2) is 8.42 Å². The van der Waals surface area contributed by atoms with Crippen LogP contribution in [0.5, 0.6) is 5.75 Å². The number of rotatable bonds is 14. The second kappa shape index (κ2) is 15.3. The Bertz CT molecular complexity index is 1460. The van der Waals surface area contributed by atoms with E-state index in [1.165, 1.54) is 11.4 Å². The minimum atomic E-state index is -3.65. The fourth-order valence-corrected chi connectivity index (χ4v) is 6.62. The smallest absolute Gasteiger partial charge is 0.243 e. The van der Waals surface area contributed by atoms with Crippen molar-refractivity contribution < 1.29 is 22.7 Å². The van der Waals surface area contributed by atoms with Crippen molar-refractivity contribution in [2.45, 2.75) is 63.6 Å². The molecule has 1 fully saturated rings. The van der Waals surface area contributed by atoms with Crippen molar-refractivity contribution in [3.63, 3.8) is 0 Å². The maximum atomic E-state index is 14.0. The zero-order valence-corrected chi connectivity index (χ0v) is 26.3. The summed E-state index contributed by atoms with van der Waals surface area (Å²) in [5, 5.41) is 3.78. The van der Waals surface area contributed by atoms with Gasteiger partial charge in [-0.15, -0.1) is 0 Å². The molecule has 1 saturated carbocycles. The molecule has 8 nitrogen and oxygen atoms in total. The van der Waals surface area contributed by atoms with Crippen LogP contribution in [-0.2, 0) is 32.6 Å². The van der Waals surface area contributed by atoms with Gasteiger partial charge in [-0.05, 0) is 54.7 Å². The van der Waals surface area contributed by atoms with Crippen LogP contribution in [0.4, 0.5) is 5.69 Å². The molecule has 0 radical (unpaired) electrons. The van der Waals surface area contributed by atoms with Crippen molar-refractivity contribution in [2.24, 2.45) is 0 Å². The number of halogens is 1. The summed E-state index contributed by atoms with van der Waals surface area (Å²) in [4.78, 5) is 29.5. The number of carbonyl (C=O) groups excluding carboxylic acids is 2. The van der Waals surface area contributed by atoms with Crippen LogP contribution in [0, 0.1) is 0 Å². The molecule has 2 amide bonds. The first kappa shape index (κ1) is 32.4. The van der Waals surface area contributed by atoms with Gasteiger partial charge in [0, 0.05) is 37.0 Å². The van der Waals surface area contributed by atoms with E-state index in [4.69, 9.17) is 16.3 Å². The van der Waals surface area contributed by atoms with Gasteiger partial charge in [0.05, 0.1) is 19.1 Å². The van der Waals surface area contributed by atoms with Crippen molar-refractivity contribution >= 4 is 39.1 Å². The van der Waals surface area contributed by atoms with E-state index in [0.29, 0.717) is 22.9 Å². The largest absolute Gasteiger partial charge is 0.495 e. The van der Waals surface area contributed by atoms with Crippen molar-refractivity contribution in [1.29, 1.82) is 0 Å². The van der Waals surface area contributed by atoms with Crippen molar-refractivity contribution in [2.75, 3.05) is 24.2 Å². The lowest BCUT2D eigenvalue weighted by Gasteiger charge is -2.33. The number of nitrogens with zero attached hydrogens (tertiary/aromatic N) is 2. The summed E-state index contributed by atoms with van der Waals surface area (Å²) in [5.41, 5.74) is 2.20. The quantitative estimate of drug-likeness (QED) is 0.252. The number of para-hydroxylation sites is 2. The fraction of sp³-hybridized carbons (Fsp3) is 0.394. The summed E-state index contributed by atoms with van der Waals surface area (Å²) in [5.74, 6) is 0.0194. The maximum absolute atomic E-state index is 14.0. The molecule has 0 bridgehead atoms. The summed E-state index contributed by atoms with van der Waals surface area (Å²) < 4.78 is 32.2. The molecule has 1 N–H and O–H groups in total. The van der Waals surface area contributed by atoms with Crippen molar-refractivity contribution in [1.82, 2.24) is 10.2 Å². The number of hydrogen-bond acceptors (Lipinski definition) is 5. The number of ether oxygens (including phenoxy) is 1. The van der Waals surface area contributed by atoms with E-state index < -0.39 is 16.1 Å². The molecule has 0 heterocycles. The molecule has 1 atom stereocenters. The lowest BCUT2D eigenvalue weighted by molar-refractivity contribution is -0.141. The number of hydrogen-bond donors (Lipinski definition) is 1.